The number of likely N-dealkylation sites (tertiary alicyclic amines) is 1. The lowest BCUT2D eigenvalue weighted by molar-refractivity contribution is -0.129. The van der Waals surface area contributed by atoms with E-state index in [-0.39, 0.29) is 29.2 Å². The zero-order valence-corrected chi connectivity index (χ0v) is 18.3. The van der Waals surface area contributed by atoms with Crippen molar-refractivity contribution in [1.29, 1.82) is 0 Å². The molecule has 0 spiro atoms. The average Bonchev–Trinajstić information content (AvgIpc) is 3.33. The molecule has 29 heavy (non-hydrogen) atoms. The third kappa shape index (κ3) is 4.48. The van der Waals surface area contributed by atoms with E-state index in [1.165, 1.54) is 10.4 Å². The van der Waals surface area contributed by atoms with E-state index in [2.05, 4.69) is 5.32 Å². The molecule has 0 bridgehead atoms. The van der Waals surface area contributed by atoms with Crippen LogP contribution in [0.1, 0.15) is 51.5 Å². The summed E-state index contributed by atoms with van der Waals surface area (Å²) in [7, 11) is -3.60. The fourth-order valence-corrected chi connectivity index (χ4v) is 5.80. The highest BCUT2D eigenvalue weighted by molar-refractivity contribution is 7.89. The number of rotatable bonds is 7. The zero-order chi connectivity index (χ0) is 21.2. The standard InChI is InChI=1S/C21H31N3O4S/c1-4-23(5-2)29(27,28)18-11-10-15(3)19(13-18)22-21(26)16-12-20(25)24(14-16)17-8-6-7-9-17/h10-11,13,16-17H,4-9,12,14H2,1-3H3,(H,22,26). The first kappa shape index (κ1) is 21.8. The van der Waals surface area contributed by atoms with Crippen LogP contribution in [0.5, 0.6) is 0 Å². The van der Waals surface area contributed by atoms with Crippen LogP contribution in [-0.4, -0.2) is 55.1 Å². The SMILES string of the molecule is CCN(CC)S(=O)(=O)c1ccc(C)c(NC(=O)C2CC(=O)N(C3CCCC3)C2)c1. The van der Waals surface area contributed by atoms with Crippen molar-refractivity contribution in [3.63, 3.8) is 0 Å². The first-order valence-corrected chi connectivity index (χ1v) is 11.9. The van der Waals surface area contributed by atoms with Crippen molar-refractivity contribution < 1.29 is 18.0 Å². The average molecular weight is 422 g/mol. The number of hydrogen-bond acceptors (Lipinski definition) is 4. The second kappa shape index (κ2) is 8.83. The van der Waals surface area contributed by atoms with Gasteiger partial charge in [-0.25, -0.2) is 8.42 Å². The van der Waals surface area contributed by atoms with Crippen LogP contribution in [0.25, 0.3) is 0 Å². The van der Waals surface area contributed by atoms with Gasteiger partial charge in [0.15, 0.2) is 0 Å². The molecule has 2 aliphatic rings. The first-order valence-electron chi connectivity index (χ1n) is 10.5. The number of aryl methyl sites for hydroxylation is 1. The maximum Gasteiger partial charge on any atom is 0.243 e. The van der Waals surface area contributed by atoms with Gasteiger partial charge in [0.2, 0.25) is 21.8 Å². The van der Waals surface area contributed by atoms with Crippen LogP contribution in [0.2, 0.25) is 0 Å². The number of carbonyl (C=O) groups is 2. The van der Waals surface area contributed by atoms with Crippen LogP contribution in [0.15, 0.2) is 23.1 Å². The minimum Gasteiger partial charge on any atom is -0.339 e. The Kier molecular flexibility index (Phi) is 6.63. The van der Waals surface area contributed by atoms with Crippen molar-refractivity contribution in [1.82, 2.24) is 9.21 Å². The fraction of sp³-hybridized carbons (Fsp3) is 0.619. The van der Waals surface area contributed by atoms with Gasteiger partial charge in [-0.15, -0.1) is 0 Å². The molecule has 2 amide bonds. The van der Waals surface area contributed by atoms with Crippen molar-refractivity contribution in [3.8, 4) is 0 Å². The predicted octanol–water partition coefficient (Wildman–Crippen LogP) is 2.76. The van der Waals surface area contributed by atoms with Crippen LogP contribution < -0.4 is 5.32 Å². The molecule has 1 aliphatic heterocycles. The summed E-state index contributed by atoms with van der Waals surface area (Å²) in [6, 6.07) is 5.06. The molecular weight excluding hydrogens is 390 g/mol. The number of benzene rings is 1. The van der Waals surface area contributed by atoms with E-state index in [1.54, 1.807) is 26.0 Å². The van der Waals surface area contributed by atoms with Gasteiger partial charge < -0.3 is 10.2 Å². The normalized spacial score (nSPS) is 20.6. The van der Waals surface area contributed by atoms with E-state index >= 15 is 0 Å². The molecule has 8 heteroatoms. The monoisotopic (exact) mass is 421 g/mol. The molecule has 1 aromatic rings. The molecule has 1 unspecified atom stereocenters. The maximum atomic E-state index is 12.8. The third-order valence-corrected chi connectivity index (χ3v) is 8.15. The number of sulfonamides is 1. The minimum atomic E-state index is -3.60. The smallest absolute Gasteiger partial charge is 0.243 e. The summed E-state index contributed by atoms with van der Waals surface area (Å²) in [5.74, 6) is -0.573. The van der Waals surface area contributed by atoms with Crippen molar-refractivity contribution in [2.45, 2.75) is 63.8 Å². The Morgan fingerprint density at radius 3 is 2.48 bits per heavy atom. The summed E-state index contributed by atoms with van der Waals surface area (Å²) in [4.78, 5) is 27.2. The summed E-state index contributed by atoms with van der Waals surface area (Å²) >= 11 is 0. The highest BCUT2D eigenvalue weighted by Crippen LogP contribution is 2.30. The van der Waals surface area contributed by atoms with Crippen LogP contribution >= 0.6 is 0 Å². The molecule has 1 saturated heterocycles. The van der Waals surface area contributed by atoms with Gasteiger partial charge in [0.25, 0.3) is 0 Å². The molecule has 0 radical (unpaired) electrons. The lowest BCUT2D eigenvalue weighted by atomic mass is 10.1. The number of nitrogens with one attached hydrogen (secondary N) is 1. The summed E-state index contributed by atoms with van der Waals surface area (Å²) in [6.45, 7) is 6.64. The molecule has 1 N–H and O–H groups in total. The van der Waals surface area contributed by atoms with E-state index in [0.29, 0.717) is 25.3 Å². The Morgan fingerprint density at radius 1 is 1.21 bits per heavy atom. The molecule has 1 atom stereocenters. The molecule has 0 aromatic heterocycles. The van der Waals surface area contributed by atoms with Gasteiger partial charge >= 0.3 is 0 Å². The molecule has 2 fully saturated rings. The number of nitrogens with zero attached hydrogens (tertiary/aromatic N) is 2. The predicted molar refractivity (Wildman–Crippen MR) is 112 cm³/mol. The van der Waals surface area contributed by atoms with Gasteiger partial charge in [0, 0.05) is 37.8 Å². The highest BCUT2D eigenvalue weighted by atomic mass is 32.2. The van der Waals surface area contributed by atoms with Gasteiger partial charge in [0.1, 0.15) is 0 Å². The fourth-order valence-electron chi connectivity index (χ4n) is 4.32. The zero-order valence-electron chi connectivity index (χ0n) is 17.5. The Balaban J connectivity index is 1.74. The first-order chi connectivity index (χ1) is 13.8. The highest BCUT2D eigenvalue weighted by Gasteiger charge is 2.38. The minimum absolute atomic E-state index is 0.0478. The third-order valence-electron chi connectivity index (χ3n) is 6.10. The lowest BCUT2D eigenvalue weighted by Gasteiger charge is -2.24. The van der Waals surface area contributed by atoms with Crippen LogP contribution in [0, 0.1) is 12.8 Å². The van der Waals surface area contributed by atoms with Crippen LogP contribution in [0.3, 0.4) is 0 Å². The van der Waals surface area contributed by atoms with Crippen LogP contribution in [0.4, 0.5) is 5.69 Å². The molecular formula is C21H31N3O4S. The summed E-state index contributed by atoms with van der Waals surface area (Å²) in [6.07, 6.45) is 4.53. The molecule has 1 aromatic carbocycles. The van der Waals surface area contributed by atoms with Gasteiger partial charge in [-0.3, -0.25) is 9.59 Å². The topological polar surface area (TPSA) is 86.8 Å². The van der Waals surface area contributed by atoms with Crippen molar-refractivity contribution >= 4 is 27.5 Å². The van der Waals surface area contributed by atoms with Crippen molar-refractivity contribution in [3.05, 3.63) is 23.8 Å². The largest absolute Gasteiger partial charge is 0.339 e. The quantitative estimate of drug-likeness (QED) is 0.733. The van der Waals surface area contributed by atoms with E-state index in [1.807, 2.05) is 11.8 Å². The second-order valence-corrected chi connectivity index (χ2v) is 9.88. The molecule has 1 heterocycles. The lowest BCUT2D eigenvalue weighted by Crippen LogP contribution is -2.35. The number of carbonyl (C=O) groups excluding carboxylic acids is 2. The Bertz CT molecular complexity index is 874. The summed E-state index contributed by atoms with van der Waals surface area (Å²) < 4.78 is 27.0. The molecule has 7 nitrogen and oxygen atoms in total. The number of hydrogen-bond donors (Lipinski definition) is 1. The van der Waals surface area contributed by atoms with Crippen molar-refractivity contribution in [2.24, 2.45) is 5.92 Å². The van der Waals surface area contributed by atoms with Crippen LogP contribution in [-0.2, 0) is 19.6 Å². The van der Waals surface area contributed by atoms with Crippen molar-refractivity contribution in [2.75, 3.05) is 25.0 Å². The Hall–Kier alpha value is -1.93. The van der Waals surface area contributed by atoms with Gasteiger partial charge in [-0.05, 0) is 37.5 Å². The maximum absolute atomic E-state index is 12.8. The second-order valence-electron chi connectivity index (χ2n) is 7.94. The molecule has 3 rings (SSSR count). The molecule has 1 aliphatic carbocycles. The number of amides is 2. The number of anilines is 1. The Labute approximate surface area is 173 Å². The van der Waals surface area contributed by atoms with Gasteiger partial charge in [-0.1, -0.05) is 32.8 Å². The van der Waals surface area contributed by atoms with E-state index < -0.39 is 15.9 Å². The van der Waals surface area contributed by atoms with E-state index in [4.69, 9.17) is 0 Å². The van der Waals surface area contributed by atoms with Gasteiger partial charge in [-0.2, -0.15) is 4.31 Å². The molecule has 1 saturated carbocycles. The van der Waals surface area contributed by atoms with Gasteiger partial charge in [0.05, 0.1) is 10.8 Å². The summed E-state index contributed by atoms with van der Waals surface area (Å²) in [5, 5.41) is 2.87. The van der Waals surface area contributed by atoms with E-state index in [0.717, 1.165) is 31.2 Å². The van der Waals surface area contributed by atoms with E-state index in [9.17, 15) is 18.0 Å². The Morgan fingerprint density at radius 2 is 1.86 bits per heavy atom. The summed E-state index contributed by atoms with van der Waals surface area (Å²) in [5.41, 5.74) is 1.27. The molecule has 160 valence electrons.